The first-order valence-corrected chi connectivity index (χ1v) is 7.39. The van der Waals surface area contributed by atoms with Crippen LogP contribution >= 0.6 is 12.2 Å². The molecule has 1 unspecified atom stereocenters. The van der Waals surface area contributed by atoms with E-state index in [1.54, 1.807) is 7.11 Å². The Hall–Kier alpha value is -0.880. The van der Waals surface area contributed by atoms with Crippen molar-refractivity contribution >= 4 is 18.2 Å². The fraction of sp³-hybridized carbons (Fsp3) is 0.846. The minimum Gasteiger partial charge on any atom is -0.383 e. The van der Waals surface area contributed by atoms with Crippen molar-refractivity contribution in [1.82, 2.24) is 14.8 Å². The van der Waals surface area contributed by atoms with Crippen LogP contribution in [0.4, 0.5) is 5.95 Å². The number of hydrogen-bond acceptors (Lipinski definition) is 4. The van der Waals surface area contributed by atoms with Crippen molar-refractivity contribution in [2.75, 3.05) is 25.2 Å². The molecule has 2 rings (SSSR count). The van der Waals surface area contributed by atoms with Crippen LogP contribution < -0.4 is 4.90 Å². The molecule has 0 saturated heterocycles. The number of methoxy groups -OCH3 is 1. The smallest absolute Gasteiger partial charge is 0.226 e. The maximum Gasteiger partial charge on any atom is 0.226 e. The van der Waals surface area contributed by atoms with Crippen molar-refractivity contribution in [3.8, 4) is 0 Å². The number of nitrogens with zero attached hydrogens (tertiary/aromatic N) is 3. The predicted octanol–water partition coefficient (Wildman–Crippen LogP) is 2.77. The summed E-state index contributed by atoms with van der Waals surface area (Å²) in [4.78, 5) is 2.33. The van der Waals surface area contributed by atoms with Crippen LogP contribution in [0.15, 0.2) is 0 Å². The van der Waals surface area contributed by atoms with Gasteiger partial charge in [-0.25, -0.2) is 5.10 Å². The number of anilines is 1. The zero-order valence-corrected chi connectivity index (χ0v) is 13.0. The maximum absolute atomic E-state index is 5.34. The van der Waals surface area contributed by atoms with Crippen molar-refractivity contribution < 1.29 is 4.74 Å². The minimum atomic E-state index is 0.303. The number of nitrogens with one attached hydrogen (secondary N) is 1. The van der Waals surface area contributed by atoms with Gasteiger partial charge in [0.25, 0.3) is 0 Å². The van der Waals surface area contributed by atoms with E-state index in [-0.39, 0.29) is 0 Å². The van der Waals surface area contributed by atoms with Crippen LogP contribution in [0.3, 0.4) is 0 Å². The lowest BCUT2D eigenvalue weighted by atomic mass is 10.2. The molecule has 1 N–H and O–H groups in total. The number of ether oxygens (including phenoxy) is 1. The average molecular weight is 284 g/mol. The standard InChI is InChI=1S/C13H24N4OS/c1-9(2)17-12(14-15-13(17)19)16(7-8-18-4)10(3)11-5-6-11/h9-11H,5-8H2,1-4H3,(H,15,19). The van der Waals surface area contributed by atoms with Crippen LogP contribution in [0.2, 0.25) is 0 Å². The van der Waals surface area contributed by atoms with Crippen LogP contribution in [0.1, 0.15) is 39.7 Å². The predicted molar refractivity (Wildman–Crippen MR) is 79.2 cm³/mol. The van der Waals surface area contributed by atoms with Crippen LogP contribution in [-0.4, -0.2) is 41.1 Å². The largest absolute Gasteiger partial charge is 0.383 e. The van der Waals surface area contributed by atoms with Crippen molar-refractivity contribution in [1.29, 1.82) is 0 Å². The molecule has 0 radical (unpaired) electrons. The topological polar surface area (TPSA) is 46.1 Å². The van der Waals surface area contributed by atoms with Crippen LogP contribution in [0, 0.1) is 10.7 Å². The Kier molecular flexibility index (Phi) is 4.62. The van der Waals surface area contributed by atoms with Gasteiger partial charge in [0.2, 0.25) is 5.95 Å². The van der Waals surface area contributed by atoms with Crippen LogP contribution in [0.25, 0.3) is 0 Å². The van der Waals surface area contributed by atoms with Gasteiger partial charge in [-0.05, 0) is 51.7 Å². The molecule has 1 aromatic rings. The van der Waals surface area contributed by atoms with Crippen molar-refractivity contribution in [3.05, 3.63) is 4.77 Å². The molecule has 1 atom stereocenters. The maximum atomic E-state index is 5.34. The highest BCUT2D eigenvalue weighted by Crippen LogP contribution is 2.36. The summed E-state index contributed by atoms with van der Waals surface area (Å²) in [5, 5.41) is 7.36. The van der Waals surface area contributed by atoms with Gasteiger partial charge in [-0.3, -0.25) is 4.57 Å². The Morgan fingerprint density at radius 1 is 1.47 bits per heavy atom. The van der Waals surface area contributed by atoms with Gasteiger partial charge in [-0.15, -0.1) is 5.10 Å². The monoisotopic (exact) mass is 284 g/mol. The molecule has 1 fully saturated rings. The molecule has 1 aliphatic carbocycles. The molecule has 1 aliphatic rings. The SMILES string of the molecule is COCCN(c1n[nH]c(=S)n1C(C)C)C(C)C1CC1. The lowest BCUT2D eigenvalue weighted by Crippen LogP contribution is -2.39. The van der Waals surface area contributed by atoms with Crippen molar-refractivity contribution in [2.24, 2.45) is 5.92 Å². The highest BCUT2D eigenvalue weighted by Gasteiger charge is 2.34. The first kappa shape index (κ1) is 14.5. The summed E-state index contributed by atoms with van der Waals surface area (Å²) in [6.45, 7) is 8.08. The number of aromatic nitrogens is 3. The summed E-state index contributed by atoms with van der Waals surface area (Å²) < 4.78 is 8.01. The van der Waals surface area contributed by atoms with Crippen LogP contribution in [-0.2, 0) is 4.74 Å². The first-order valence-electron chi connectivity index (χ1n) is 6.98. The minimum absolute atomic E-state index is 0.303. The van der Waals surface area contributed by atoms with E-state index < -0.39 is 0 Å². The van der Waals surface area contributed by atoms with E-state index >= 15 is 0 Å². The third-order valence-corrected chi connectivity index (χ3v) is 4.08. The Morgan fingerprint density at radius 3 is 2.68 bits per heavy atom. The molecule has 19 heavy (non-hydrogen) atoms. The van der Waals surface area contributed by atoms with E-state index in [1.165, 1.54) is 12.8 Å². The molecule has 108 valence electrons. The second-order valence-electron chi connectivity index (χ2n) is 5.56. The fourth-order valence-electron chi connectivity index (χ4n) is 2.47. The van der Waals surface area contributed by atoms with E-state index in [1.807, 2.05) is 0 Å². The average Bonchev–Trinajstić information content (AvgIpc) is 3.13. The molecule has 0 aromatic carbocycles. The van der Waals surface area contributed by atoms with Gasteiger partial charge in [0.15, 0.2) is 4.77 Å². The van der Waals surface area contributed by atoms with E-state index in [0.717, 1.165) is 18.4 Å². The fourth-order valence-corrected chi connectivity index (χ4v) is 2.81. The molecule has 0 aliphatic heterocycles. The van der Waals surface area contributed by atoms with Gasteiger partial charge in [-0.1, -0.05) is 0 Å². The Labute approximate surface area is 119 Å². The van der Waals surface area contributed by atoms with Gasteiger partial charge in [0.05, 0.1) is 6.61 Å². The molecular formula is C13H24N4OS. The zero-order chi connectivity index (χ0) is 14.0. The highest BCUT2D eigenvalue weighted by molar-refractivity contribution is 7.71. The van der Waals surface area contributed by atoms with E-state index in [2.05, 4.69) is 40.4 Å². The molecular weight excluding hydrogens is 260 g/mol. The Morgan fingerprint density at radius 2 is 2.16 bits per heavy atom. The summed E-state index contributed by atoms with van der Waals surface area (Å²) >= 11 is 5.34. The Balaban J connectivity index is 2.28. The molecule has 0 spiro atoms. The van der Waals surface area contributed by atoms with Gasteiger partial charge < -0.3 is 9.64 Å². The number of aromatic amines is 1. The normalized spacial score (nSPS) is 16.9. The summed E-state index contributed by atoms with van der Waals surface area (Å²) in [5.41, 5.74) is 0. The zero-order valence-electron chi connectivity index (χ0n) is 12.2. The second kappa shape index (κ2) is 6.05. The third kappa shape index (κ3) is 3.17. The molecule has 0 bridgehead atoms. The number of rotatable bonds is 7. The van der Waals surface area contributed by atoms with E-state index in [0.29, 0.717) is 23.5 Å². The van der Waals surface area contributed by atoms with E-state index in [4.69, 9.17) is 17.0 Å². The van der Waals surface area contributed by atoms with Crippen molar-refractivity contribution in [2.45, 2.75) is 45.7 Å². The molecule has 1 saturated carbocycles. The molecule has 6 heteroatoms. The van der Waals surface area contributed by atoms with Gasteiger partial charge >= 0.3 is 0 Å². The summed E-state index contributed by atoms with van der Waals surface area (Å²) in [7, 11) is 1.74. The number of hydrogen-bond donors (Lipinski definition) is 1. The molecule has 1 aromatic heterocycles. The second-order valence-corrected chi connectivity index (χ2v) is 5.94. The van der Waals surface area contributed by atoms with Crippen molar-refractivity contribution in [3.63, 3.8) is 0 Å². The highest BCUT2D eigenvalue weighted by atomic mass is 32.1. The Bertz CT molecular complexity index is 463. The van der Waals surface area contributed by atoms with Gasteiger partial charge in [0, 0.05) is 25.7 Å². The van der Waals surface area contributed by atoms with Gasteiger partial charge in [-0.2, -0.15) is 0 Å². The van der Waals surface area contributed by atoms with Crippen LogP contribution in [0.5, 0.6) is 0 Å². The summed E-state index contributed by atoms with van der Waals surface area (Å²) in [5.74, 6) is 1.72. The quantitative estimate of drug-likeness (QED) is 0.782. The summed E-state index contributed by atoms with van der Waals surface area (Å²) in [6.07, 6.45) is 2.63. The molecule has 5 nitrogen and oxygen atoms in total. The van der Waals surface area contributed by atoms with E-state index in [9.17, 15) is 0 Å². The third-order valence-electron chi connectivity index (χ3n) is 3.79. The summed E-state index contributed by atoms with van der Waals surface area (Å²) in [6, 6.07) is 0.788. The van der Waals surface area contributed by atoms with Gasteiger partial charge in [0.1, 0.15) is 0 Å². The lowest BCUT2D eigenvalue weighted by Gasteiger charge is -2.30. The lowest BCUT2D eigenvalue weighted by molar-refractivity contribution is 0.202. The molecule has 1 heterocycles. The molecule has 0 amide bonds. The first-order chi connectivity index (χ1) is 9.06. The number of H-pyrrole nitrogens is 1.